The number of hydrogen-bond acceptors (Lipinski definition) is 1. The Labute approximate surface area is 114 Å². The molecule has 0 spiro atoms. The van der Waals surface area contributed by atoms with Crippen LogP contribution >= 0.6 is 0 Å². The highest BCUT2D eigenvalue weighted by Gasteiger charge is 2.30. The summed E-state index contributed by atoms with van der Waals surface area (Å²) in [5.41, 5.74) is 0. The van der Waals surface area contributed by atoms with Crippen LogP contribution in [0.25, 0.3) is 0 Å². The predicted molar refractivity (Wildman–Crippen MR) is 77.7 cm³/mol. The molecule has 1 nitrogen and oxygen atoms in total. The van der Waals surface area contributed by atoms with Crippen LogP contribution in [0.2, 0.25) is 0 Å². The summed E-state index contributed by atoms with van der Waals surface area (Å²) in [6, 6.07) is 0. The van der Waals surface area contributed by atoms with E-state index >= 15 is 0 Å². The van der Waals surface area contributed by atoms with Gasteiger partial charge in [0.2, 0.25) is 0 Å². The van der Waals surface area contributed by atoms with Crippen LogP contribution in [0.15, 0.2) is 0 Å². The van der Waals surface area contributed by atoms with Gasteiger partial charge in [-0.05, 0) is 49.9 Å². The molecule has 1 saturated heterocycles. The van der Waals surface area contributed by atoms with Crippen LogP contribution in [0.4, 0.5) is 0 Å². The van der Waals surface area contributed by atoms with Crippen molar-refractivity contribution in [1.82, 2.24) is 0 Å². The summed E-state index contributed by atoms with van der Waals surface area (Å²) in [7, 11) is 0. The number of rotatable bonds is 5. The van der Waals surface area contributed by atoms with Gasteiger partial charge in [0.05, 0.1) is 12.7 Å². The van der Waals surface area contributed by atoms with Crippen molar-refractivity contribution in [3.05, 3.63) is 0 Å². The first-order valence-corrected chi connectivity index (χ1v) is 8.45. The summed E-state index contributed by atoms with van der Waals surface area (Å²) in [5, 5.41) is 0. The molecule has 1 heteroatoms. The first-order chi connectivity index (χ1) is 8.83. The molecule has 0 bridgehead atoms. The third-order valence-corrected chi connectivity index (χ3v) is 5.27. The van der Waals surface area contributed by atoms with E-state index in [0.29, 0.717) is 6.10 Å². The lowest BCUT2D eigenvalue weighted by Crippen LogP contribution is -2.32. The second kappa shape index (κ2) is 7.53. The lowest BCUT2D eigenvalue weighted by molar-refractivity contribution is -0.0422. The second-order valence-corrected chi connectivity index (χ2v) is 6.65. The fraction of sp³-hybridized carbons (Fsp3) is 1.00. The van der Waals surface area contributed by atoms with Crippen LogP contribution in [0.1, 0.15) is 78.1 Å². The van der Waals surface area contributed by atoms with Crippen molar-refractivity contribution < 1.29 is 4.74 Å². The normalized spacial score (nSPS) is 37.7. The summed E-state index contributed by atoms with van der Waals surface area (Å²) < 4.78 is 6.06. The van der Waals surface area contributed by atoms with E-state index in [1.54, 1.807) is 0 Å². The van der Waals surface area contributed by atoms with E-state index in [-0.39, 0.29) is 0 Å². The third-order valence-electron chi connectivity index (χ3n) is 5.27. The molecule has 18 heavy (non-hydrogen) atoms. The Morgan fingerprint density at radius 2 is 1.44 bits per heavy atom. The molecule has 0 aromatic carbocycles. The van der Waals surface area contributed by atoms with Gasteiger partial charge in [-0.3, -0.25) is 0 Å². The molecule has 0 aromatic rings. The second-order valence-electron chi connectivity index (χ2n) is 6.65. The van der Waals surface area contributed by atoms with Gasteiger partial charge in [-0.15, -0.1) is 0 Å². The smallest absolute Gasteiger partial charge is 0.0575 e. The average molecular weight is 252 g/mol. The van der Waals surface area contributed by atoms with Crippen molar-refractivity contribution >= 4 is 0 Å². The monoisotopic (exact) mass is 252 g/mol. The molecule has 0 amide bonds. The van der Waals surface area contributed by atoms with Gasteiger partial charge in [-0.2, -0.15) is 0 Å². The molecule has 0 unspecified atom stereocenters. The average Bonchev–Trinajstić information content (AvgIpc) is 2.41. The topological polar surface area (TPSA) is 9.23 Å². The Bertz CT molecular complexity index is 186. The molecule has 1 aliphatic carbocycles. The quantitative estimate of drug-likeness (QED) is 0.654. The molecule has 2 rings (SSSR count). The minimum Gasteiger partial charge on any atom is -0.378 e. The molecule has 2 fully saturated rings. The molecule has 1 aliphatic heterocycles. The predicted octanol–water partition coefficient (Wildman–Crippen LogP) is 5.19. The summed E-state index contributed by atoms with van der Waals surface area (Å²) in [5.74, 6) is 2.92. The third kappa shape index (κ3) is 3.98. The summed E-state index contributed by atoms with van der Waals surface area (Å²) >= 11 is 0. The zero-order chi connectivity index (χ0) is 12.8. The molecule has 0 N–H and O–H groups in total. The molecular weight excluding hydrogens is 220 g/mol. The molecule has 0 radical (unpaired) electrons. The zero-order valence-corrected chi connectivity index (χ0v) is 12.5. The van der Waals surface area contributed by atoms with E-state index in [4.69, 9.17) is 4.74 Å². The highest BCUT2D eigenvalue weighted by atomic mass is 16.5. The van der Waals surface area contributed by atoms with Crippen LogP contribution in [0.3, 0.4) is 0 Å². The molecular formula is C17H32O. The van der Waals surface area contributed by atoms with Crippen molar-refractivity contribution in [2.75, 3.05) is 6.61 Å². The van der Waals surface area contributed by atoms with E-state index < -0.39 is 0 Å². The lowest BCUT2D eigenvalue weighted by atomic mass is 9.73. The maximum Gasteiger partial charge on any atom is 0.0575 e. The molecule has 2 aliphatic rings. The minimum atomic E-state index is 0.586. The standard InChI is InChI=1S/C17H32O/c1-3-5-14-7-9-15(10-8-14)16-11-12-17(6-4-2)18-13-16/h14-17H,3-13H2,1-2H3/t14?,15?,16-,17-/m0/s1. The maximum absolute atomic E-state index is 6.06. The molecule has 2 atom stereocenters. The first kappa shape index (κ1) is 14.4. The molecule has 1 heterocycles. The summed E-state index contributed by atoms with van der Waals surface area (Å²) in [4.78, 5) is 0. The van der Waals surface area contributed by atoms with Gasteiger partial charge in [0, 0.05) is 0 Å². The van der Waals surface area contributed by atoms with Gasteiger partial charge in [0.15, 0.2) is 0 Å². The molecule has 1 saturated carbocycles. The van der Waals surface area contributed by atoms with Crippen molar-refractivity contribution in [3.8, 4) is 0 Å². The van der Waals surface area contributed by atoms with E-state index in [1.165, 1.54) is 64.2 Å². The van der Waals surface area contributed by atoms with Gasteiger partial charge >= 0.3 is 0 Å². The van der Waals surface area contributed by atoms with Crippen molar-refractivity contribution in [2.24, 2.45) is 17.8 Å². The first-order valence-electron chi connectivity index (χ1n) is 8.45. The Balaban J connectivity index is 1.68. The summed E-state index contributed by atoms with van der Waals surface area (Å²) in [6.45, 7) is 5.66. The van der Waals surface area contributed by atoms with E-state index in [1.807, 2.05) is 0 Å². The minimum absolute atomic E-state index is 0.586. The van der Waals surface area contributed by atoms with Gasteiger partial charge < -0.3 is 4.74 Å². The van der Waals surface area contributed by atoms with Crippen LogP contribution in [-0.4, -0.2) is 12.7 Å². The fourth-order valence-electron chi connectivity index (χ4n) is 4.10. The highest BCUT2D eigenvalue weighted by molar-refractivity contribution is 4.81. The summed E-state index contributed by atoms with van der Waals surface area (Å²) in [6.07, 6.45) is 14.7. The largest absolute Gasteiger partial charge is 0.378 e. The number of ether oxygens (including phenoxy) is 1. The Morgan fingerprint density at radius 1 is 0.778 bits per heavy atom. The highest BCUT2D eigenvalue weighted by Crippen LogP contribution is 2.39. The van der Waals surface area contributed by atoms with E-state index in [2.05, 4.69) is 13.8 Å². The van der Waals surface area contributed by atoms with Crippen molar-refractivity contribution in [3.63, 3.8) is 0 Å². The Morgan fingerprint density at radius 3 is 2.00 bits per heavy atom. The SMILES string of the molecule is CCCC1CCC([C@H]2CC[C@H](CCC)OC2)CC1. The molecule has 106 valence electrons. The fourth-order valence-corrected chi connectivity index (χ4v) is 4.10. The van der Waals surface area contributed by atoms with Gasteiger partial charge in [0.1, 0.15) is 0 Å². The van der Waals surface area contributed by atoms with Crippen molar-refractivity contribution in [1.29, 1.82) is 0 Å². The van der Waals surface area contributed by atoms with Gasteiger partial charge in [-0.25, -0.2) is 0 Å². The van der Waals surface area contributed by atoms with Crippen molar-refractivity contribution in [2.45, 2.75) is 84.2 Å². The van der Waals surface area contributed by atoms with Crippen LogP contribution < -0.4 is 0 Å². The van der Waals surface area contributed by atoms with Gasteiger partial charge in [0.25, 0.3) is 0 Å². The molecule has 0 aromatic heterocycles. The van der Waals surface area contributed by atoms with Crippen LogP contribution in [0.5, 0.6) is 0 Å². The maximum atomic E-state index is 6.06. The van der Waals surface area contributed by atoms with Gasteiger partial charge in [-0.1, -0.05) is 46.0 Å². The van der Waals surface area contributed by atoms with E-state index in [0.717, 1.165) is 24.4 Å². The number of hydrogen-bond donors (Lipinski definition) is 0. The van der Waals surface area contributed by atoms with E-state index in [9.17, 15) is 0 Å². The Kier molecular flexibility index (Phi) is 6.01. The van der Waals surface area contributed by atoms with Crippen LogP contribution in [0, 0.1) is 17.8 Å². The lowest BCUT2D eigenvalue weighted by Gasteiger charge is -2.37. The van der Waals surface area contributed by atoms with Crippen LogP contribution in [-0.2, 0) is 4.74 Å². The Hall–Kier alpha value is -0.0400. The zero-order valence-electron chi connectivity index (χ0n) is 12.5.